The Kier molecular flexibility index (Phi) is 2.83. The highest BCUT2D eigenvalue weighted by atomic mass is 16.5. The molecule has 1 aromatic heterocycles. The molecule has 1 aliphatic rings. The Balaban J connectivity index is 1.87. The van der Waals surface area contributed by atoms with E-state index in [0.29, 0.717) is 18.8 Å². The largest absolute Gasteiger partial charge is 0.338 e. The zero-order chi connectivity index (χ0) is 13.4. The lowest BCUT2D eigenvalue weighted by atomic mass is 10.1. The van der Waals surface area contributed by atoms with Gasteiger partial charge in [-0.05, 0) is 6.92 Å². The van der Waals surface area contributed by atoms with Crippen LogP contribution in [0.2, 0.25) is 0 Å². The molecule has 1 aliphatic heterocycles. The average molecular weight is 257 g/mol. The molecule has 0 saturated carbocycles. The Bertz CT molecular complexity index is 603. The Morgan fingerprint density at radius 2 is 2.11 bits per heavy atom. The summed E-state index contributed by atoms with van der Waals surface area (Å²) in [5, 5.41) is 4.01. The molecule has 98 valence electrons. The molecule has 1 unspecified atom stereocenters. The fraction of sp³-hybridized carbons (Fsp3) is 0.286. The molecule has 1 saturated heterocycles. The van der Waals surface area contributed by atoms with Crippen LogP contribution in [-0.4, -0.2) is 23.7 Å². The maximum atomic E-state index is 11.7. The van der Waals surface area contributed by atoms with Crippen molar-refractivity contribution in [2.75, 3.05) is 11.4 Å². The van der Waals surface area contributed by atoms with Crippen molar-refractivity contribution in [3.63, 3.8) is 0 Å². The third-order valence-corrected chi connectivity index (χ3v) is 3.27. The summed E-state index contributed by atoms with van der Waals surface area (Å²) in [6.07, 6.45) is 0.362. The quantitative estimate of drug-likeness (QED) is 0.889. The van der Waals surface area contributed by atoms with Crippen molar-refractivity contribution in [1.82, 2.24) is 5.16 Å². The first-order valence-corrected chi connectivity index (χ1v) is 6.23. The average Bonchev–Trinajstić information content (AvgIpc) is 2.97. The summed E-state index contributed by atoms with van der Waals surface area (Å²) < 4.78 is 5.25. The fourth-order valence-corrected chi connectivity index (χ4v) is 2.20. The number of aryl methyl sites for hydroxylation is 1. The molecule has 5 heteroatoms. The van der Waals surface area contributed by atoms with Gasteiger partial charge in [0.2, 0.25) is 11.8 Å². The maximum absolute atomic E-state index is 11.7. The first kappa shape index (κ1) is 11.9. The summed E-state index contributed by atoms with van der Waals surface area (Å²) in [7, 11) is 0. The SMILES string of the molecule is Cc1ccc(-c2cc(N3CC(N)CC3=O)on2)cc1. The van der Waals surface area contributed by atoms with Crippen molar-refractivity contribution in [2.24, 2.45) is 5.73 Å². The highest BCUT2D eigenvalue weighted by Gasteiger charge is 2.30. The van der Waals surface area contributed by atoms with Crippen LogP contribution in [0.4, 0.5) is 5.88 Å². The van der Waals surface area contributed by atoms with Gasteiger partial charge in [-0.1, -0.05) is 35.0 Å². The molecule has 1 atom stereocenters. The van der Waals surface area contributed by atoms with Crippen LogP contribution in [0, 0.1) is 6.92 Å². The van der Waals surface area contributed by atoms with E-state index in [2.05, 4.69) is 5.16 Å². The third kappa shape index (κ3) is 2.24. The van der Waals surface area contributed by atoms with Crippen LogP contribution in [0.5, 0.6) is 0 Å². The van der Waals surface area contributed by atoms with Crippen LogP contribution >= 0.6 is 0 Å². The second kappa shape index (κ2) is 4.51. The van der Waals surface area contributed by atoms with Gasteiger partial charge in [0.25, 0.3) is 0 Å². The van der Waals surface area contributed by atoms with Crippen LogP contribution in [-0.2, 0) is 4.79 Å². The van der Waals surface area contributed by atoms with Crippen molar-refractivity contribution in [1.29, 1.82) is 0 Å². The number of hydrogen-bond acceptors (Lipinski definition) is 4. The normalized spacial score (nSPS) is 19.2. The molecule has 0 radical (unpaired) electrons. The Morgan fingerprint density at radius 3 is 2.74 bits per heavy atom. The predicted octanol–water partition coefficient (Wildman–Crippen LogP) is 1.71. The van der Waals surface area contributed by atoms with Gasteiger partial charge in [-0.15, -0.1) is 0 Å². The minimum absolute atomic E-state index is 0.0147. The molecular weight excluding hydrogens is 242 g/mol. The van der Waals surface area contributed by atoms with E-state index >= 15 is 0 Å². The molecule has 2 N–H and O–H groups in total. The van der Waals surface area contributed by atoms with E-state index in [1.165, 1.54) is 5.56 Å². The zero-order valence-electron chi connectivity index (χ0n) is 10.7. The molecule has 1 amide bonds. The molecule has 0 spiro atoms. The lowest BCUT2D eigenvalue weighted by Crippen LogP contribution is -2.27. The summed E-state index contributed by atoms with van der Waals surface area (Å²) in [5.74, 6) is 0.452. The van der Waals surface area contributed by atoms with Gasteiger partial charge < -0.3 is 10.3 Å². The van der Waals surface area contributed by atoms with Gasteiger partial charge in [0.05, 0.1) is 0 Å². The van der Waals surface area contributed by atoms with Crippen LogP contribution < -0.4 is 10.6 Å². The third-order valence-electron chi connectivity index (χ3n) is 3.27. The number of carbonyl (C=O) groups is 1. The van der Waals surface area contributed by atoms with E-state index in [1.54, 1.807) is 11.0 Å². The monoisotopic (exact) mass is 257 g/mol. The van der Waals surface area contributed by atoms with E-state index in [4.69, 9.17) is 10.3 Å². The number of carbonyl (C=O) groups excluding carboxylic acids is 1. The van der Waals surface area contributed by atoms with Crippen LogP contribution in [0.1, 0.15) is 12.0 Å². The minimum Gasteiger partial charge on any atom is -0.338 e. The molecule has 0 bridgehead atoms. The molecule has 2 heterocycles. The molecule has 1 fully saturated rings. The minimum atomic E-state index is -0.125. The van der Waals surface area contributed by atoms with E-state index < -0.39 is 0 Å². The van der Waals surface area contributed by atoms with Crippen LogP contribution in [0.3, 0.4) is 0 Å². The topological polar surface area (TPSA) is 72.4 Å². The van der Waals surface area contributed by atoms with E-state index in [1.807, 2.05) is 31.2 Å². The molecular formula is C14H15N3O2. The summed E-state index contributed by atoms with van der Waals surface area (Å²) >= 11 is 0. The van der Waals surface area contributed by atoms with Crippen molar-refractivity contribution in [3.8, 4) is 11.3 Å². The fourth-order valence-electron chi connectivity index (χ4n) is 2.20. The Labute approximate surface area is 111 Å². The summed E-state index contributed by atoms with van der Waals surface area (Å²) in [6.45, 7) is 2.52. The van der Waals surface area contributed by atoms with Gasteiger partial charge in [0, 0.05) is 30.6 Å². The van der Waals surface area contributed by atoms with Gasteiger partial charge >= 0.3 is 0 Å². The molecule has 0 aliphatic carbocycles. The van der Waals surface area contributed by atoms with Gasteiger partial charge in [0.1, 0.15) is 5.69 Å². The van der Waals surface area contributed by atoms with Crippen molar-refractivity contribution in [3.05, 3.63) is 35.9 Å². The highest BCUT2D eigenvalue weighted by Crippen LogP contribution is 2.27. The summed E-state index contributed by atoms with van der Waals surface area (Å²) in [6, 6.07) is 9.64. The first-order valence-electron chi connectivity index (χ1n) is 6.23. The molecule has 2 aromatic rings. The van der Waals surface area contributed by atoms with Crippen molar-refractivity contribution in [2.45, 2.75) is 19.4 Å². The van der Waals surface area contributed by atoms with Crippen LogP contribution in [0.25, 0.3) is 11.3 Å². The first-order chi connectivity index (χ1) is 9.13. The highest BCUT2D eigenvalue weighted by molar-refractivity contribution is 5.95. The Morgan fingerprint density at radius 1 is 1.37 bits per heavy atom. The van der Waals surface area contributed by atoms with E-state index in [9.17, 15) is 4.79 Å². The van der Waals surface area contributed by atoms with Crippen molar-refractivity contribution < 1.29 is 9.32 Å². The standard InChI is InChI=1S/C14H15N3O2/c1-9-2-4-10(5-3-9)12-7-14(19-16-12)17-8-11(15)6-13(17)18/h2-5,7,11H,6,8,15H2,1H3. The van der Waals surface area contributed by atoms with Gasteiger partial charge in [0.15, 0.2) is 0 Å². The number of benzene rings is 1. The number of hydrogen-bond donors (Lipinski definition) is 1. The zero-order valence-corrected chi connectivity index (χ0v) is 10.7. The number of aromatic nitrogens is 1. The molecule has 5 nitrogen and oxygen atoms in total. The maximum Gasteiger partial charge on any atom is 0.234 e. The number of anilines is 1. The second-order valence-corrected chi connectivity index (χ2v) is 4.88. The number of amides is 1. The number of nitrogens with zero attached hydrogens (tertiary/aromatic N) is 2. The predicted molar refractivity (Wildman–Crippen MR) is 71.6 cm³/mol. The lowest BCUT2D eigenvalue weighted by Gasteiger charge is -2.09. The van der Waals surface area contributed by atoms with E-state index in [-0.39, 0.29) is 11.9 Å². The van der Waals surface area contributed by atoms with E-state index in [0.717, 1.165) is 11.3 Å². The Hall–Kier alpha value is -2.14. The smallest absolute Gasteiger partial charge is 0.234 e. The summed E-state index contributed by atoms with van der Waals surface area (Å²) in [4.78, 5) is 13.3. The van der Waals surface area contributed by atoms with Gasteiger partial charge in [-0.25, -0.2) is 0 Å². The molecule has 1 aromatic carbocycles. The van der Waals surface area contributed by atoms with Gasteiger partial charge in [-0.3, -0.25) is 9.69 Å². The second-order valence-electron chi connectivity index (χ2n) is 4.88. The van der Waals surface area contributed by atoms with Gasteiger partial charge in [-0.2, -0.15) is 0 Å². The lowest BCUT2D eigenvalue weighted by molar-refractivity contribution is -0.117. The number of nitrogens with two attached hydrogens (primary N) is 1. The molecule has 19 heavy (non-hydrogen) atoms. The van der Waals surface area contributed by atoms with Crippen molar-refractivity contribution >= 4 is 11.8 Å². The van der Waals surface area contributed by atoms with Crippen LogP contribution in [0.15, 0.2) is 34.9 Å². The summed E-state index contributed by atoms with van der Waals surface area (Å²) in [5.41, 5.74) is 8.65. The molecule has 3 rings (SSSR count). The number of rotatable bonds is 2.